The van der Waals surface area contributed by atoms with Gasteiger partial charge in [0.1, 0.15) is 5.69 Å². The number of hydrogen-bond donors (Lipinski definition) is 0. The number of carbonyl (C=O) groups is 1. The van der Waals surface area contributed by atoms with Crippen molar-refractivity contribution >= 4 is 11.6 Å². The fourth-order valence-corrected chi connectivity index (χ4v) is 3.65. The van der Waals surface area contributed by atoms with Crippen molar-refractivity contribution in [1.29, 1.82) is 0 Å². The molecule has 2 heterocycles. The van der Waals surface area contributed by atoms with Crippen LogP contribution in [-0.4, -0.2) is 63.1 Å². The summed E-state index contributed by atoms with van der Waals surface area (Å²) in [4.78, 5) is 28.3. The molecule has 0 saturated carbocycles. The highest BCUT2D eigenvalue weighted by molar-refractivity contribution is 5.94. The minimum Gasteiger partial charge on any atom is -0.335 e. The van der Waals surface area contributed by atoms with Crippen molar-refractivity contribution in [2.75, 3.05) is 32.7 Å². The summed E-state index contributed by atoms with van der Waals surface area (Å²) in [6.45, 7) is 6.03. The molecule has 0 atom stereocenters. The van der Waals surface area contributed by atoms with E-state index in [1.165, 1.54) is 16.8 Å². The average Bonchev–Trinajstić information content (AvgIpc) is 3.25. The lowest BCUT2D eigenvalue weighted by molar-refractivity contribution is -0.384. The SMILES string of the molecule is CCN1CCN(C(=O)c2cc(-c3ccccc3)nn2-c2cccc([N+](=O)[O-])c2)CC1. The molecule has 154 valence electrons. The summed E-state index contributed by atoms with van der Waals surface area (Å²) in [5, 5.41) is 15.9. The monoisotopic (exact) mass is 405 g/mol. The van der Waals surface area contributed by atoms with Gasteiger partial charge in [-0.3, -0.25) is 14.9 Å². The molecule has 0 bridgehead atoms. The van der Waals surface area contributed by atoms with Gasteiger partial charge in [0, 0.05) is 43.9 Å². The van der Waals surface area contributed by atoms with Gasteiger partial charge in [-0.05, 0) is 18.7 Å². The number of nitrogens with zero attached hydrogens (tertiary/aromatic N) is 5. The molecule has 3 aromatic rings. The third-order valence-corrected chi connectivity index (χ3v) is 5.39. The molecule has 0 unspecified atom stereocenters. The molecular weight excluding hydrogens is 382 g/mol. The van der Waals surface area contributed by atoms with Gasteiger partial charge >= 0.3 is 0 Å². The van der Waals surface area contributed by atoms with Gasteiger partial charge in [-0.15, -0.1) is 0 Å². The predicted molar refractivity (Wildman–Crippen MR) is 114 cm³/mol. The van der Waals surface area contributed by atoms with E-state index in [1.54, 1.807) is 18.2 Å². The van der Waals surface area contributed by atoms with Crippen LogP contribution >= 0.6 is 0 Å². The van der Waals surface area contributed by atoms with Gasteiger partial charge in [0.2, 0.25) is 0 Å². The van der Waals surface area contributed by atoms with Crippen molar-refractivity contribution in [3.8, 4) is 16.9 Å². The Morgan fingerprint density at radius 3 is 2.43 bits per heavy atom. The maximum atomic E-state index is 13.4. The molecular formula is C22H23N5O3. The molecule has 0 spiro atoms. The highest BCUT2D eigenvalue weighted by Crippen LogP contribution is 2.25. The average molecular weight is 405 g/mol. The van der Waals surface area contributed by atoms with Crippen LogP contribution in [0.15, 0.2) is 60.7 Å². The quantitative estimate of drug-likeness (QED) is 0.481. The van der Waals surface area contributed by atoms with Crippen LogP contribution in [0.4, 0.5) is 5.69 Å². The Hall–Kier alpha value is -3.52. The lowest BCUT2D eigenvalue weighted by atomic mass is 10.1. The zero-order chi connectivity index (χ0) is 21.1. The number of aromatic nitrogens is 2. The van der Waals surface area contributed by atoms with Gasteiger partial charge in [-0.25, -0.2) is 4.68 Å². The lowest BCUT2D eigenvalue weighted by Gasteiger charge is -2.34. The third-order valence-electron chi connectivity index (χ3n) is 5.39. The number of piperazine rings is 1. The molecule has 1 aliphatic heterocycles. The minimum absolute atomic E-state index is 0.0424. The van der Waals surface area contributed by atoms with Crippen molar-refractivity contribution in [2.45, 2.75) is 6.92 Å². The number of amides is 1. The van der Waals surface area contributed by atoms with Crippen LogP contribution in [0, 0.1) is 10.1 Å². The van der Waals surface area contributed by atoms with E-state index in [1.807, 2.05) is 35.2 Å². The number of benzene rings is 2. The highest BCUT2D eigenvalue weighted by atomic mass is 16.6. The second-order valence-electron chi connectivity index (χ2n) is 7.20. The zero-order valence-corrected chi connectivity index (χ0v) is 16.8. The molecule has 2 aromatic carbocycles. The number of nitro benzene ring substituents is 1. The molecule has 8 heteroatoms. The van der Waals surface area contributed by atoms with Crippen LogP contribution in [-0.2, 0) is 0 Å². The molecule has 1 amide bonds. The fourth-order valence-electron chi connectivity index (χ4n) is 3.65. The van der Waals surface area contributed by atoms with Crippen LogP contribution in [0.25, 0.3) is 16.9 Å². The Balaban J connectivity index is 1.75. The van der Waals surface area contributed by atoms with Crippen LogP contribution < -0.4 is 0 Å². The Morgan fingerprint density at radius 1 is 1.03 bits per heavy atom. The first-order chi connectivity index (χ1) is 14.6. The lowest BCUT2D eigenvalue weighted by Crippen LogP contribution is -2.48. The fraction of sp³-hybridized carbons (Fsp3) is 0.273. The zero-order valence-electron chi connectivity index (χ0n) is 16.8. The summed E-state index contributed by atoms with van der Waals surface area (Å²) < 4.78 is 1.52. The van der Waals surface area contributed by atoms with E-state index >= 15 is 0 Å². The first kappa shape index (κ1) is 19.8. The first-order valence-corrected chi connectivity index (χ1v) is 9.98. The number of likely N-dealkylation sites (N-methyl/N-ethyl adjacent to an activating group) is 1. The van der Waals surface area contributed by atoms with Crippen LogP contribution in [0.1, 0.15) is 17.4 Å². The van der Waals surface area contributed by atoms with E-state index in [4.69, 9.17) is 0 Å². The Morgan fingerprint density at radius 2 is 1.77 bits per heavy atom. The predicted octanol–water partition coefficient (Wildman–Crippen LogP) is 3.23. The maximum absolute atomic E-state index is 13.4. The molecule has 0 N–H and O–H groups in total. The smallest absolute Gasteiger partial charge is 0.272 e. The molecule has 30 heavy (non-hydrogen) atoms. The topological polar surface area (TPSA) is 84.5 Å². The van der Waals surface area contributed by atoms with E-state index in [0.717, 1.165) is 25.2 Å². The standard InChI is InChI=1S/C22H23N5O3/c1-2-24-11-13-25(14-12-24)22(28)21-16-20(17-7-4-3-5-8-17)23-26(21)18-9-6-10-19(15-18)27(29)30/h3-10,15-16H,2,11-14H2,1H3. The summed E-state index contributed by atoms with van der Waals surface area (Å²) in [5.41, 5.74) is 2.38. The summed E-state index contributed by atoms with van der Waals surface area (Å²) in [6.07, 6.45) is 0. The molecule has 1 aromatic heterocycles. The Kier molecular flexibility index (Phi) is 5.58. The summed E-state index contributed by atoms with van der Waals surface area (Å²) in [6, 6.07) is 17.5. The third kappa shape index (κ3) is 3.95. The van der Waals surface area contributed by atoms with Gasteiger partial charge in [0.05, 0.1) is 16.3 Å². The number of carbonyl (C=O) groups excluding carboxylic acids is 1. The second kappa shape index (κ2) is 8.46. The van der Waals surface area contributed by atoms with Crippen molar-refractivity contribution in [3.05, 3.63) is 76.5 Å². The maximum Gasteiger partial charge on any atom is 0.272 e. The molecule has 1 aliphatic rings. The van der Waals surface area contributed by atoms with Crippen molar-refractivity contribution in [2.24, 2.45) is 0 Å². The van der Waals surface area contributed by atoms with Crippen molar-refractivity contribution in [1.82, 2.24) is 19.6 Å². The molecule has 0 aliphatic carbocycles. The van der Waals surface area contributed by atoms with E-state index in [0.29, 0.717) is 30.2 Å². The van der Waals surface area contributed by atoms with Crippen LogP contribution in [0.5, 0.6) is 0 Å². The Labute approximate surface area is 174 Å². The van der Waals surface area contributed by atoms with Crippen molar-refractivity contribution < 1.29 is 9.72 Å². The normalized spacial score (nSPS) is 14.6. The number of non-ortho nitro benzene ring substituents is 1. The van der Waals surface area contributed by atoms with E-state index in [9.17, 15) is 14.9 Å². The number of rotatable bonds is 5. The molecule has 1 fully saturated rings. The van der Waals surface area contributed by atoms with E-state index < -0.39 is 4.92 Å². The largest absolute Gasteiger partial charge is 0.335 e. The number of hydrogen-bond acceptors (Lipinski definition) is 5. The molecule has 4 rings (SSSR count). The summed E-state index contributed by atoms with van der Waals surface area (Å²) in [5.74, 6) is -0.119. The van der Waals surface area contributed by atoms with E-state index in [2.05, 4.69) is 16.9 Å². The van der Waals surface area contributed by atoms with Crippen molar-refractivity contribution in [3.63, 3.8) is 0 Å². The van der Waals surface area contributed by atoms with Gasteiger partial charge in [-0.2, -0.15) is 5.10 Å². The molecule has 1 saturated heterocycles. The van der Waals surface area contributed by atoms with Crippen LogP contribution in [0.3, 0.4) is 0 Å². The van der Waals surface area contributed by atoms with E-state index in [-0.39, 0.29) is 11.6 Å². The second-order valence-corrected chi connectivity index (χ2v) is 7.20. The molecule has 0 radical (unpaired) electrons. The highest BCUT2D eigenvalue weighted by Gasteiger charge is 2.26. The number of nitro groups is 1. The molecule has 8 nitrogen and oxygen atoms in total. The first-order valence-electron chi connectivity index (χ1n) is 9.98. The van der Waals surface area contributed by atoms with Gasteiger partial charge in [0.25, 0.3) is 11.6 Å². The van der Waals surface area contributed by atoms with Gasteiger partial charge in [0.15, 0.2) is 0 Å². The minimum atomic E-state index is -0.448. The van der Waals surface area contributed by atoms with Crippen LogP contribution in [0.2, 0.25) is 0 Å². The Bertz CT molecular complexity index is 1060. The summed E-state index contributed by atoms with van der Waals surface area (Å²) >= 11 is 0. The summed E-state index contributed by atoms with van der Waals surface area (Å²) in [7, 11) is 0. The van der Waals surface area contributed by atoms with Gasteiger partial charge in [-0.1, -0.05) is 43.3 Å². The van der Waals surface area contributed by atoms with Gasteiger partial charge < -0.3 is 9.80 Å².